The number of nitrogens with one attached hydrogen (secondary N) is 1. The van der Waals surface area contributed by atoms with Gasteiger partial charge in [-0.15, -0.1) is 0 Å². The first-order valence-electron chi connectivity index (χ1n) is 6.07. The molecule has 2 rings (SSSR count). The van der Waals surface area contributed by atoms with Crippen LogP contribution in [0, 0.1) is 0 Å². The van der Waals surface area contributed by atoms with Crippen molar-refractivity contribution >= 4 is 28.4 Å². The third-order valence-corrected chi connectivity index (χ3v) is 2.95. The summed E-state index contributed by atoms with van der Waals surface area (Å²) in [6.45, 7) is 0. The van der Waals surface area contributed by atoms with Crippen LogP contribution in [0.15, 0.2) is 41.3 Å². The molecule has 6 heteroatoms. The number of fused-ring (bicyclic) bond motifs is 1. The Bertz CT molecular complexity index is 788. The highest BCUT2D eigenvalue weighted by molar-refractivity contribution is 6.20. The van der Waals surface area contributed by atoms with Gasteiger partial charge in [0.05, 0.1) is 25.4 Å². The first-order valence-corrected chi connectivity index (χ1v) is 6.07. The van der Waals surface area contributed by atoms with Gasteiger partial charge < -0.3 is 14.5 Å². The zero-order valence-corrected chi connectivity index (χ0v) is 11.5. The number of ether oxygens (including phenoxy) is 2. The van der Waals surface area contributed by atoms with Crippen LogP contribution in [-0.2, 0) is 19.1 Å². The van der Waals surface area contributed by atoms with Crippen molar-refractivity contribution in [1.82, 2.24) is 4.98 Å². The summed E-state index contributed by atoms with van der Waals surface area (Å²) in [6.07, 6.45) is 2.31. The lowest BCUT2D eigenvalue weighted by Crippen LogP contribution is -2.16. The van der Waals surface area contributed by atoms with Gasteiger partial charge in [0, 0.05) is 23.2 Å². The van der Waals surface area contributed by atoms with E-state index in [1.54, 1.807) is 24.3 Å². The Morgan fingerprint density at radius 3 is 2.52 bits per heavy atom. The molecule has 0 spiro atoms. The summed E-state index contributed by atoms with van der Waals surface area (Å²) < 4.78 is 9.10. The molecule has 0 radical (unpaired) electrons. The summed E-state index contributed by atoms with van der Waals surface area (Å²) in [5.74, 6) is -1.54. The highest BCUT2D eigenvalue weighted by atomic mass is 16.5. The molecule has 21 heavy (non-hydrogen) atoms. The molecule has 0 aliphatic heterocycles. The molecule has 0 amide bonds. The van der Waals surface area contributed by atoms with E-state index in [1.165, 1.54) is 20.4 Å². The molecule has 0 fully saturated rings. The average molecular weight is 287 g/mol. The van der Waals surface area contributed by atoms with Crippen molar-refractivity contribution in [3.05, 3.63) is 52.3 Å². The smallest absolute Gasteiger partial charge is 0.338 e. The van der Waals surface area contributed by atoms with Gasteiger partial charge in [0.2, 0.25) is 0 Å². The Kier molecular flexibility index (Phi) is 4.18. The number of H-pyrrole nitrogens is 1. The lowest BCUT2D eigenvalue weighted by molar-refractivity contribution is -0.136. The fourth-order valence-electron chi connectivity index (χ4n) is 1.90. The zero-order chi connectivity index (χ0) is 15.4. The van der Waals surface area contributed by atoms with E-state index < -0.39 is 11.9 Å². The van der Waals surface area contributed by atoms with Gasteiger partial charge in [-0.3, -0.25) is 4.79 Å². The van der Waals surface area contributed by atoms with Crippen LogP contribution in [0.3, 0.4) is 0 Å². The quantitative estimate of drug-likeness (QED) is 0.678. The summed E-state index contributed by atoms with van der Waals surface area (Å²) >= 11 is 0. The van der Waals surface area contributed by atoms with Crippen molar-refractivity contribution in [3.63, 3.8) is 0 Å². The zero-order valence-electron chi connectivity index (χ0n) is 11.5. The summed E-state index contributed by atoms with van der Waals surface area (Å²) in [7, 11) is 2.35. The van der Waals surface area contributed by atoms with Gasteiger partial charge in [-0.05, 0) is 12.1 Å². The number of carbonyl (C=O) groups excluding carboxylic acids is 2. The molecule has 1 aromatic carbocycles. The van der Waals surface area contributed by atoms with Gasteiger partial charge in [-0.1, -0.05) is 12.1 Å². The number of hydrogen-bond donors (Lipinski definition) is 1. The number of rotatable bonds is 3. The first-order chi connectivity index (χ1) is 10.1. The van der Waals surface area contributed by atoms with Crippen LogP contribution >= 0.6 is 0 Å². The number of aromatic amines is 1. The van der Waals surface area contributed by atoms with Gasteiger partial charge in [-0.2, -0.15) is 0 Å². The maximum absolute atomic E-state index is 12.4. The Labute approximate surface area is 120 Å². The molecule has 0 bridgehead atoms. The van der Waals surface area contributed by atoms with Crippen molar-refractivity contribution in [2.45, 2.75) is 0 Å². The number of aromatic nitrogens is 1. The maximum atomic E-state index is 12.4. The average Bonchev–Trinajstić information content (AvgIpc) is 2.52. The Balaban J connectivity index is 2.69. The standard InChI is InChI=1S/C15H13NO5/c1-20-13(17)7-10(15(19)21-2)11-8-16-12-6-4-3-5-9(12)14(11)18/h3-8H,1-2H3,(H,16,18)/b10-7-. The number of carbonyl (C=O) groups is 2. The number of pyridine rings is 1. The molecule has 0 unspecified atom stereocenters. The molecule has 0 saturated carbocycles. The van der Waals surface area contributed by atoms with E-state index in [-0.39, 0.29) is 16.6 Å². The lowest BCUT2D eigenvalue weighted by atomic mass is 10.0. The van der Waals surface area contributed by atoms with Crippen LogP contribution in [0.5, 0.6) is 0 Å². The van der Waals surface area contributed by atoms with Crippen LogP contribution < -0.4 is 5.43 Å². The van der Waals surface area contributed by atoms with Crippen molar-refractivity contribution in [2.24, 2.45) is 0 Å². The van der Waals surface area contributed by atoms with E-state index in [2.05, 4.69) is 14.5 Å². The van der Waals surface area contributed by atoms with Crippen molar-refractivity contribution in [1.29, 1.82) is 0 Å². The number of hydrogen-bond acceptors (Lipinski definition) is 5. The van der Waals surface area contributed by atoms with Crippen LogP contribution in [0.1, 0.15) is 5.56 Å². The first kappa shape index (κ1) is 14.5. The predicted octanol–water partition coefficient (Wildman–Crippen LogP) is 1.26. The minimum absolute atomic E-state index is 0.0472. The van der Waals surface area contributed by atoms with E-state index in [0.717, 1.165) is 6.08 Å². The van der Waals surface area contributed by atoms with Gasteiger partial charge >= 0.3 is 11.9 Å². The normalized spacial score (nSPS) is 11.2. The number of benzene rings is 1. The molecule has 6 nitrogen and oxygen atoms in total. The lowest BCUT2D eigenvalue weighted by Gasteiger charge is -2.06. The number of para-hydroxylation sites is 1. The van der Waals surface area contributed by atoms with Crippen LogP contribution in [0.25, 0.3) is 16.5 Å². The van der Waals surface area contributed by atoms with Crippen molar-refractivity contribution in [2.75, 3.05) is 14.2 Å². The SMILES string of the molecule is COC(=O)/C=C(\C(=O)OC)c1c[nH]c2ccccc2c1=O. The van der Waals surface area contributed by atoms with Crippen LogP contribution in [0.4, 0.5) is 0 Å². The van der Waals surface area contributed by atoms with Crippen molar-refractivity contribution in [3.8, 4) is 0 Å². The van der Waals surface area contributed by atoms with Crippen LogP contribution in [0.2, 0.25) is 0 Å². The van der Waals surface area contributed by atoms with E-state index in [9.17, 15) is 14.4 Å². The monoisotopic (exact) mass is 287 g/mol. The molecule has 0 aliphatic carbocycles. The number of methoxy groups -OCH3 is 2. The fraction of sp³-hybridized carbons (Fsp3) is 0.133. The molecular weight excluding hydrogens is 274 g/mol. The predicted molar refractivity (Wildman–Crippen MR) is 76.6 cm³/mol. The third kappa shape index (κ3) is 2.84. The third-order valence-electron chi connectivity index (χ3n) is 2.95. The Morgan fingerprint density at radius 1 is 1.14 bits per heavy atom. The summed E-state index contributed by atoms with van der Waals surface area (Å²) in [6, 6.07) is 6.86. The second kappa shape index (κ2) is 6.04. The summed E-state index contributed by atoms with van der Waals surface area (Å²) in [5, 5.41) is 0.412. The second-order valence-corrected chi connectivity index (χ2v) is 4.15. The molecule has 0 saturated heterocycles. The second-order valence-electron chi connectivity index (χ2n) is 4.15. The highest BCUT2D eigenvalue weighted by Crippen LogP contribution is 2.15. The summed E-state index contributed by atoms with van der Waals surface area (Å²) in [5.41, 5.74) is 0.153. The molecule has 1 N–H and O–H groups in total. The van der Waals surface area contributed by atoms with Crippen LogP contribution in [-0.4, -0.2) is 31.1 Å². The Morgan fingerprint density at radius 2 is 1.86 bits per heavy atom. The number of esters is 2. The summed E-state index contributed by atoms with van der Waals surface area (Å²) in [4.78, 5) is 38.5. The van der Waals surface area contributed by atoms with Crippen molar-refractivity contribution < 1.29 is 19.1 Å². The van der Waals surface area contributed by atoms with E-state index in [4.69, 9.17) is 0 Å². The fourth-order valence-corrected chi connectivity index (χ4v) is 1.90. The molecule has 1 aromatic heterocycles. The molecule has 108 valence electrons. The van der Waals surface area contributed by atoms with Gasteiger partial charge in [0.15, 0.2) is 5.43 Å². The van der Waals surface area contributed by atoms with Gasteiger partial charge in [0.25, 0.3) is 0 Å². The Hall–Kier alpha value is -2.89. The topological polar surface area (TPSA) is 85.5 Å². The van der Waals surface area contributed by atoms with Gasteiger partial charge in [-0.25, -0.2) is 9.59 Å². The minimum Gasteiger partial charge on any atom is -0.466 e. The molecule has 0 atom stereocenters. The molecule has 0 aliphatic rings. The maximum Gasteiger partial charge on any atom is 0.338 e. The van der Waals surface area contributed by atoms with E-state index in [0.29, 0.717) is 10.9 Å². The minimum atomic E-state index is -0.791. The molecule has 1 heterocycles. The largest absolute Gasteiger partial charge is 0.466 e. The van der Waals surface area contributed by atoms with E-state index in [1.807, 2.05) is 0 Å². The van der Waals surface area contributed by atoms with Gasteiger partial charge in [0.1, 0.15) is 0 Å². The molecule has 2 aromatic rings. The highest BCUT2D eigenvalue weighted by Gasteiger charge is 2.19. The molecular formula is C15H13NO5. The van der Waals surface area contributed by atoms with E-state index >= 15 is 0 Å².